The Morgan fingerprint density at radius 2 is 1.53 bits per heavy atom. The monoisotopic (exact) mass is 502 g/mol. The lowest BCUT2D eigenvalue weighted by Crippen LogP contribution is -2.40. The Labute approximate surface area is 196 Å². The van der Waals surface area contributed by atoms with Gasteiger partial charge < -0.3 is 9.15 Å². The minimum Gasteiger partial charge on any atom is -0.457 e. The van der Waals surface area contributed by atoms with Crippen molar-refractivity contribution in [1.82, 2.24) is 4.31 Å². The maximum Gasteiger partial charge on any atom is 0.243 e. The van der Waals surface area contributed by atoms with Gasteiger partial charge in [-0.05, 0) is 60.7 Å². The van der Waals surface area contributed by atoms with Crippen LogP contribution in [0.25, 0.3) is 17.4 Å². The zero-order valence-electron chi connectivity index (χ0n) is 17.7. The molecule has 34 heavy (non-hydrogen) atoms. The lowest BCUT2D eigenvalue weighted by molar-refractivity contribution is 0.0730. The van der Waals surface area contributed by atoms with Crippen molar-refractivity contribution in [2.45, 2.75) is 9.79 Å². The van der Waals surface area contributed by atoms with E-state index in [9.17, 15) is 26.5 Å². The standard InChI is InChI=1S/C23H19FN2O6S2/c24-18-3-8-20(9-4-18)33(27,28)22(16-25)15-19-5-10-23(32-19)17-1-6-21(7-2-17)34(29,30)26-11-13-31-14-12-26/h1-10,15H,11-14H2/b22-15+. The molecule has 0 bridgehead atoms. The molecule has 1 aliphatic heterocycles. The molecule has 1 aromatic heterocycles. The zero-order valence-corrected chi connectivity index (χ0v) is 19.4. The number of nitrogens with zero attached hydrogens (tertiary/aromatic N) is 2. The Morgan fingerprint density at radius 3 is 2.15 bits per heavy atom. The van der Waals surface area contributed by atoms with Gasteiger partial charge in [-0.3, -0.25) is 0 Å². The number of hydrogen-bond acceptors (Lipinski definition) is 7. The van der Waals surface area contributed by atoms with Crippen LogP contribution in [0.2, 0.25) is 0 Å². The number of halogens is 1. The summed E-state index contributed by atoms with van der Waals surface area (Å²) in [5, 5.41) is 9.40. The summed E-state index contributed by atoms with van der Waals surface area (Å²) in [6.45, 7) is 1.28. The summed E-state index contributed by atoms with van der Waals surface area (Å²) in [5.41, 5.74) is 0.570. The molecule has 3 aromatic rings. The molecule has 0 spiro atoms. The number of nitriles is 1. The molecule has 8 nitrogen and oxygen atoms in total. The van der Waals surface area contributed by atoms with Crippen LogP contribution in [0.5, 0.6) is 0 Å². The summed E-state index contributed by atoms with van der Waals surface area (Å²) >= 11 is 0. The van der Waals surface area contributed by atoms with Crippen LogP contribution in [0, 0.1) is 17.1 Å². The Morgan fingerprint density at radius 1 is 0.912 bits per heavy atom. The van der Waals surface area contributed by atoms with E-state index in [0.29, 0.717) is 37.6 Å². The Hall–Kier alpha value is -3.30. The van der Waals surface area contributed by atoms with Crippen molar-refractivity contribution in [2.24, 2.45) is 0 Å². The smallest absolute Gasteiger partial charge is 0.243 e. The fourth-order valence-corrected chi connectivity index (χ4v) is 5.90. The Bertz CT molecular complexity index is 1460. The van der Waals surface area contributed by atoms with Gasteiger partial charge in [0, 0.05) is 24.7 Å². The molecule has 0 amide bonds. The lowest BCUT2D eigenvalue weighted by Gasteiger charge is -2.26. The molecule has 1 saturated heterocycles. The number of benzene rings is 2. The van der Waals surface area contributed by atoms with Crippen LogP contribution < -0.4 is 0 Å². The van der Waals surface area contributed by atoms with Gasteiger partial charge >= 0.3 is 0 Å². The molecule has 0 unspecified atom stereocenters. The van der Waals surface area contributed by atoms with E-state index in [1.165, 1.54) is 22.5 Å². The first kappa shape index (κ1) is 23.8. The van der Waals surface area contributed by atoms with Gasteiger partial charge in [0.2, 0.25) is 19.9 Å². The molecule has 0 saturated carbocycles. The molecule has 1 fully saturated rings. The highest BCUT2D eigenvalue weighted by Crippen LogP contribution is 2.28. The number of morpholine rings is 1. The molecule has 2 heterocycles. The number of sulfone groups is 1. The molecule has 0 aliphatic carbocycles. The van der Waals surface area contributed by atoms with Crippen LogP contribution in [-0.2, 0) is 24.6 Å². The average molecular weight is 503 g/mol. The van der Waals surface area contributed by atoms with Crippen molar-refractivity contribution in [3.05, 3.63) is 77.1 Å². The van der Waals surface area contributed by atoms with E-state index < -0.39 is 30.6 Å². The Kier molecular flexibility index (Phi) is 6.67. The van der Waals surface area contributed by atoms with Crippen molar-refractivity contribution in [2.75, 3.05) is 26.3 Å². The summed E-state index contributed by atoms with van der Waals surface area (Å²) in [4.78, 5) is -0.639. The molecule has 4 rings (SSSR count). The molecular formula is C23H19FN2O6S2. The second-order valence-corrected chi connectivity index (χ2v) is 11.2. The van der Waals surface area contributed by atoms with E-state index in [0.717, 1.165) is 30.3 Å². The van der Waals surface area contributed by atoms with E-state index in [2.05, 4.69) is 0 Å². The fraction of sp³-hybridized carbons (Fsp3) is 0.174. The highest BCUT2D eigenvalue weighted by Gasteiger charge is 2.26. The minimum atomic E-state index is -4.16. The van der Waals surface area contributed by atoms with Gasteiger partial charge in [0.1, 0.15) is 23.4 Å². The van der Waals surface area contributed by atoms with E-state index >= 15 is 0 Å². The van der Waals surface area contributed by atoms with Gasteiger partial charge in [0.05, 0.1) is 23.0 Å². The topological polar surface area (TPSA) is 118 Å². The van der Waals surface area contributed by atoms with Crippen LogP contribution >= 0.6 is 0 Å². The zero-order chi connectivity index (χ0) is 24.3. The number of hydrogen-bond donors (Lipinski definition) is 0. The van der Waals surface area contributed by atoms with Gasteiger partial charge in [-0.15, -0.1) is 0 Å². The van der Waals surface area contributed by atoms with Crippen molar-refractivity contribution in [1.29, 1.82) is 5.26 Å². The van der Waals surface area contributed by atoms with E-state index in [1.807, 2.05) is 0 Å². The molecule has 11 heteroatoms. The van der Waals surface area contributed by atoms with Crippen LogP contribution in [0.15, 0.2) is 79.8 Å². The fourth-order valence-electron chi connectivity index (χ4n) is 3.35. The number of rotatable bonds is 6. The average Bonchev–Trinajstić information content (AvgIpc) is 3.32. The van der Waals surface area contributed by atoms with Gasteiger partial charge in [-0.2, -0.15) is 9.57 Å². The van der Waals surface area contributed by atoms with Gasteiger partial charge in [-0.1, -0.05) is 0 Å². The summed E-state index contributed by atoms with van der Waals surface area (Å²) in [6.07, 6.45) is 1.08. The lowest BCUT2D eigenvalue weighted by atomic mass is 10.2. The van der Waals surface area contributed by atoms with Crippen molar-refractivity contribution in [3.8, 4) is 17.4 Å². The second kappa shape index (κ2) is 9.52. The number of furan rings is 1. The van der Waals surface area contributed by atoms with Crippen molar-refractivity contribution >= 4 is 25.9 Å². The molecule has 0 radical (unpaired) electrons. The maximum absolute atomic E-state index is 13.1. The normalized spacial score (nSPS) is 15.7. The van der Waals surface area contributed by atoms with Gasteiger partial charge in [-0.25, -0.2) is 21.2 Å². The summed E-state index contributed by atoms with van der Waals surface area (Å²) in [7, 11) is -7.79. The summed E-state index contributed by atoms with van der Waals surface area (Å²) in [6, 6.07) is 15.0. The summed E-state index contributed by atoms with van der Waals surface area (Å²) in [5.74, 6) is -0.124. The van der Waals surface area contributed by atoms with E-state index in [4.69, 9.17) is 9.15 Å². The highest BCUT2D eigenvalue weighted by molar-refractivity contribution is 7.95. The molecule has 1 aliphatic rings. The predicted octanol–water partition coefficient (Wildman–Crippen LogP) is 3.44. The first-order chi connectivity index (χ1) is 16.2. The van der Waals surface area contributed by atoms with E-state index in [1.54, 1.807) is 24.3 Å². The molecule has 2 aromatic carbocycles. The third kappa shape index (κ3) is 4.80. The predicted molar refractivity (Wildman–Crippen MR) is 121 cm³/mol. The SMILES string of the molecule is N#C/C(=C\c1ccc(-c2ccc(S(=O)(=O)N3CCOCC3)cc2)o1)S(=O)(=O)c1ccc(F)cc1. The third-order valence-corrected chi connectivity index (χ3v) is 8.76. The Balaban J connectivity index is 1.57. The third-order valence-electron chi connectivity index (χ3n) is 5.17. The molecule has 176 valence electrons. The van der Waals surface area contributed by atoms with Crippen LogP contribution in [-0.4, -0.2) is 47.4 Å². The van der Waals surface area contributed by atoms with Crippen molar-refractivity contribution < 1.29 is 30.4 Å². The number of ether oxygens (including phenoxy) is 1. The molecular weight excluding hydrogens is 483 g/mol. The second-order valence-electron chi connectivity index (χ2n) is 7.32. The summed E-state index contributed by atoms with van der Waals surface area (Å²) < 4.78 is 76.3. The number of sulfonamides is 1. The largest absolute Gasteiger partial charge is 0.457 e. The first-order valence-electron chi connectivity index (χ1n) is 10.1. The van der Waals surface area contributed by atoms with Gasteiger partial charge in [0.15, 0.2) is 4.91 Å². The van der Waals surface area contributed by atoms with Crippen molar-refractivity contribution in [3.63, 3.8) is 0 Å². The highest BCUT2D eigenvalue weighted by atomic mass is 32.2. The van der Waals surface area contributed by atoms with Crippen LogP contribution in [0.1, 0.15) is 5.76 Å². The van der Waals surface area contributed by atoms with Crippen LogP contribution in [0.4, 0.5) is 4.39 Å². The van der Waals surface area contributed by atoms with Gasteiger partial charge in [0.25, 0.3) is 0 Å². The quantitative estimate of drug-likeness (QED) is 0.374. The minimum absolute atomic E-state index is 0.113. The molecule has 0 N–H and O–H groups in total. The van der Waals surface area contributed by atoms with Crippen LogP contribution in [0.3, 0.4) is 0 Å². The maximum atomic E-state index is 13.1. The number of allylic oxidation sites excluding steroid dienone is 1. The first-order valence-corrected chi connectivity index (χ1v) is 13.0. The van der Waals surface area contributed by atoms with E-state index in [-0.39, 0.29) is 15.6 Å². The molecule has 0 atom stereocenters.